The molecular weight excluding hydrogens is 326 g/mol. The summed E-state index contributed by atoms with van der Waals surface area (Å²) >= 11 is 0. The van der Waals surface area contributed by atoms with Crippen LogP contribution in [0.2, 0.25) is 0 Å². The van der Waals surface area contributed by atoms with Crippen molar-refractivity contribution in [1.29, 1.82) is 0 Å². The van der Waals surface area contributed by atoms with Crippen LogP contribution in [-0.2, 0) is 9.53 Å². The van der Waals surface area contributed by atoms with Gasteiger partial charge in [-0.15, -0.1) is 0 Å². The van der Waals surface area contributed by atoms with Gasteiger partial charge in [0, 0.05) is 11.6 Å². The zero-order valence-corrected chi connectivity index (χ0v) is 16.1. The Kier molecular flexibility index (Phi) is 5.49. The molecule has 1 aromatic heterocycles. The molecule has 3 rings (SSSR count). The lowest BCUT2D eigenvalue weighted by Gasteiger charge is -2.37. The molecule has 4 unspecified atom stereocenters. The van der Waals surface area contributed by atoms with Gasteiger partial charge in [-0.3, -0.25) is 4.79 Å². The lowest BCUT2D eigenvalue weighted by atomic mass is 9.75. The summed E-state index contributed by atoms with van der Waals surface area (Å²) in [6.07, 6.45) is 4.84. The maximum absolute atomic E-state index is 12.8. The van der Waals surface area contributed by atoms with Crippen molar-refractivity contribution in [2.24, 2.45) is 17.8 Å². The van der Waals surface area contributed by atoms with Gasteiger partial charge in [0.15, 0.2) is 0 Å². The summed E-state index contributed by atoms with van der Waals surface area (Å²) in [4.78, 5) is 25.5. The first-order valence-corrected chi connectivity index (χ1v) is 9.69. The number of rotatable bonds is 4. The first-order chi connectivity index (χ1) is 12.4. The fourth-order valence-electron chi connectivity index (χ4n) is 4.12. The van der Waals surface area contributed by atoms with E-state index in [0.29, 0.717) is 23.1 Å². The molecule has 1 aliphatic carbocycles. The molecule has 1 aliphatic rings. The quantitative estimate of drug-likeness (QED) is 0.755. The van der Waals surface area contributed by atoms with Gasteiger partial charge < -0.3 is 9.30 Å². The number of fused-ring (bicyclic) bond motifs is 1. The SMILES string of the molecule is CC1CCC(C(C)C)C(OC(=O)C(C)n2ccc3ccccc3c2=O)C1. The third kappa shape index (κ3) is 3.69. The molecule has 0 N–H and O–H groups in total. The summed E-state index contributed by atoms with van der Waals surface area (Å²) in [6.45, 7) is 8.35. The van der Waals surface area contributed by atoms with Crippen molar-refractivity contribution in [3.05, 3.63) is 46.9 Å². The fourth-order valence-corrected chi connectivity index (χ4v) is 4.12. The van der Waals surface area contributed by atoms with E-state index in [-0.39, 0.29) is 17.6 Å². The predicted molar refractivity (Wildman–Crippen MR) is 104 cm³/mol. The highest BCUT2D eigenvalue weighted by molar-refractivity contribution is 5.82. The molecule has 4 atom stereocenters. The standard InChI is InChI=1S/C22H29NO3/c1-14(2)18-10-9-15(3)13-20(18)26-22(25)16(4)23-12-11-17-7-5-6-8-19(17)21(23)24/h5-8,11-12,14-16,18,20H,9-10,13H2,1-4H3. The van der Waals surface area contributed by atoms with Crippen LogP contribution in [0, 0.1) is 17.8 Å². The van der Waals surface area contributed by atoms with Crippen LogP contribution in [0.1, 0.15) is 53.0 Å². The Morgan fingerprint density at radius 3 is 2.62 bits per heavy atom. The summed E-state index contributed by atoms with van der Waals surface area (Å²) in [5.41, 5.74) is -0.148. The molecule has 0 amide bonds. The number of esters is 1. The van der Waals surface area contributed by atoms with Crippen molar-refractivity contribution in [3.8, 4) is 0 Å². The highest BCUT2D eigenvalue weighted by Crippen LogP contribution is 2.35. The predicted octanol–water partition coefficient (Wildman–Crippen LogP) is 4.57. The third-order valence-electron chi connectivity index (χ3n) is 5.83. The van der Waals surface area contributed by atoms with Gasteiger partial charge in [-0.1, -0.05) is 45.4 Å². The number of aromatic nitrogens is 1. The highest BCUT2D eigenvalue weighted by atomic mass is 16.5. The van der Waals surface area contributed by atoms with Crippen molar-refractivity contribution in [1.82, 2.24) is 4.57 Å². The van der Waals surface area contributed by atoms with Crippen molar-refractivity contribution in [2.75, 3.05) is 0 Å². The second-order valence-corrected chi connectivity index (χ2v) is 8.09. The van der Waals surface area contributed by atoms with Crippen molar-refractivity contribution < 1.29 is 9.53 Å². The van der Waals surface area contributed by atoms with Crippen LogP contribution < -0.4 is 5.56 Å². The smallest absolute Gasteiger partial charge is 0.329 e. The Hall–Kier alpha value is -2.10. The molecule has 0 radical (unpaired) electrons. The molecule has 140 valence electrons. The zero-order valence-electron chi connectivity index (χ0n) is 16.1. The van der Waals surface area contributed by atoms with Crippen LogP contribution in [0.4, 0.5) is 0 Å². The van der Waals surface area contributed by atoms with Crippen LogP contribution in [0.25, 0.3) is 10.8 Å². The van der Waals surface area contributed by atoms with E-state index in [9.17, 15) is 9.59 Å². The van der Waals surface area contributed by atoms with E-state index in [1.54, 1.807) is 19.2 Å². The van der Waals surface area contributed by atoms with Crippen molar-refractivity contribution in [3.63, 3.8) is 0 Å². The maximum Gasteiger partial charge on any atom is 0.329 e. The van der Waals surface area contributed by atoms with Gasteiger partial charge in [0.05, 0.1) is 0 Å². The summed E-state index contributed by atoms with van der Waals surface area (Å²) in [6, 6.07) is 8.69. The largest absolute Gasteiger partial charge is 0.461 e. The first kappa shape index (κ1) is 18.7. The minimum absolute atomic E-state index is 0.0511. The number of carbonyl (C=O) groups excluding carboxylic acids is 1. The van der Waals surface area contributed by atoms with Gasteiger partial charge in [-0.25, -0.2) is 4.79 Å². The molecule has 1 aromatic carbocycles. The molecule has 1 saturated carbocycles. The van der Waals surface area contributed by atoms with Crippen LogP contribution in [0.15, 0.2) is 41.3 Å². The molecule has 2 aromatic rings. The van der Waals surface area contributed by atoms with Gasteiger partial charge in [-0.05, 0) is 55.0 Å². The highest BCUT2D eigenvalue weighted by Gasteiger charge is 2.34. The Balaban J connectivity index is 1.81. The minimum atomic E-state index is -0.628. The number of carbonyl (C=O) groups is 1. The second-order valence-electron chi connectivity index (χ2n) is 8.09. The monoisotopic (exact) mass is 355 g/mol. The lowest BCUT2D eigenvalue weighted by Crippen LogP contribution is -2.38. The van der Waals surface area contributed by atoms with E-state index in [1.165, 1.54) is 11.0 Å². The van der Waals surface area contributed by atoms with E-state index >= 15 is 0 Å². The molecule has 0 aliphatic heterocycles. The van der Waals surface area contributed by atoms with Crippen LogP contribution in [-0.4, -0.2) is 16.6 Å². The first-order valence-electron chi connectivity index (χ1n) is 9.69. The molecule has 26 heavy (non-hydrogen) atoms. The molecule has 0 spiro atoms. The fraction of sp³-hybridized carbons (Fsp3) is 0.545. The molecule has 4 heteroatoms. The van der Waals surface area contributed by atoms with Gasteiger partial charge in [0.1, 0.15) is 12.1 Å². The number of hydrogen-bond donors (Lipinski definition) is 0. The Morgan fingerprint density at radius 2 is 1.88 bits per heavy atom. The third-order valence-corrected chi connectivity index (χ3v) is 5.83. The molecule has 1 fully saturated rings. The molecule has 0 saturated heterocycles. The number of benzene rings is 1. The number of hydrogen-bond acceptors (Lipinski definition) is 3. The van der Waals surface area contributed by atoms with Crippen LogP contribution in [0.3, 0.4) is 0 Å². The van der Waals surface area contributed by atoms with E-state index in [1.807, 2.05) is 24.3 Å². The summed E-state index contributed by atoms with van der Waals surface area (Å²) in [7, 11) is 0. The number of pyridine rings is 1. The topological polar surface area (TPSA) is 48.3 Å². The number of ether oxygens (including phenoxy) is 1. The van der Waals surface area contributed by atoms with E-state index in [2.05, 4.69) is 20.8 Å². The minimum Gasteiger partial charge on any atom is -0.461 e. The summed E-state index contributed by atoms with van der Waals surface area (Å²) in [5, 5.41) is 1.51. The zero-order chi connectivity index (χ0) is 18.8. The molecular formula is C22H29NO3. The van der Waals surface area contributed by atoms with Crippen LogP contribution >= 0.6 is 0 Å². The normalized spacial score (nSPS) is 24.6. The molecule has 4 nitrogen and oxygen atoms in total. The lowest BCUT2D eigenvalue weighted by molar-refractivity contribution is -0.159. The molecule has 1 heterocycles. The molecule has 0 bridgehead atoms. The van der Waals surface area contributed by atoms with Gasteiger partial charge >= 0.3 is 5.97 Å². The Labute approximate surface area is 155 Å². The van der Waals surface area contributed by atoms with Gasteiger partial charge in [-0.2, -0.15) is 0 Å². The van der Waals surface area contributed by atoms with Crippen LogP contribution in [0.5, 0.6) is 0 Å². The second kappa shape index (κ2) is 7.65. The summed E-state index contributed by atoms with van der Waals surface area (Å²) in [5.74, 6) is 1.14. The van der Waals surface area contributed by atoms with Crippen molar-refractivity contribution in [2.45, 2.75) is 59.1 Å². The summed E-state index contributed by atoms with van der Waals surface area (Å²) < 4.78 is 7.41. The average molecular weight is 355 g/mol. The van der Waals surface area contributed by atoms with Gasteiger partial charge in [0.2, 0.25) is 0 Å². The van der Waals surface area contributed by atoms with E-state index in [0.717, 1.165) is 18.2 Å². The van der Waals surface area contributed by atoms with Gasteiger partial charge in [0.25, 0.3) is 5.56 Å². The maximum atomic E-state index is 12.8. The van der Waals surface area contributed by atoms with Crippen molar-refractivity contribution >= 4 is 16.7 Å². The average Bonchev–Trinajstić information content (AvgIpc) is 2.61. The number of nitrogens with zero attached hydrogens (tertiary/aromatic N) is 1. The van der Waals surface area contributed by atoms with E-state index < -0.39 is 6.04 Å². The Morgan fingerprint density at radius 1 is 1.15 bits per heavy atom. The van der Waals surface area contributed by atoms with E-state index in [4.69, 9.17) is 4.74 Å². The Bertz CT molecular complexity index is 839.